The van der Waals surface area contributed by atoms with Gasteiger partial charge in [0.1, 0.15) is 24.7 Å². The molecule has 3 rings (SSSR count). The minimum Gasteiger partial charge on any atom is -0.463 e. The minimum atomic E-state index is -1.86. The summed E-state index contributed by atoms with van der Waals surface area (Å²) >= 11 is 0. The zero-order chi connectivity index (χ0) is 17.5. The number of nitrogens with one attached hydrogen (secondary N) is 1. The molecule has 3 heterocycles. The third-order valence-corrected chi connectivity index (χ3v) is 4.02. The van der Waals surface area contributed by atoms with Crippen molar-refractivity contribution in [3.8, 4) is 0 Å². The summed E-state index contributed by atoms with van der Waals surface area (Å²) in [5.41, 5.74) is -1.86. The molecule has 3 aliphatic heterocycles. The van der Waals surface area contributed by atoms with E-state index < -0.39 is 42.7 Å². The van der Waals surface area contributed by atoms with Gasteiger partial charge in [-0.15, -0.1) is 0 Å². The topological polar surface area (TPSA) is 160 Å². The summed E-state index contributed by atoms with van der Waals surface area (Å²) in [4.78, 5) is 25.4. The van der Waals surface area contributed by atoms with Gasteiger partial charge in [-0.05, 0) is 6.92 Å². The second-order valence-electron chi connectivity index (χ2n) is 5.36. The Kier molecular flexibility index (Phi) is 4.17. The number of esters is 1. The van der Waals surface area contributed by atoms with E-state index in [0.717, 1.165) is 6.34 Å². The van der Waals surface area contributed by atoms with E-state index in [9.17, 15) is 20.1 Å². The average Bonchev–Trinajstić information content (AvgIpc) is 3.09. The number of aliphatic hydroxyl groups is 3. The Morgan fingerprint density at radius 1 is 1.50 bits per heavy atom. The first-order valence-electron chi connectivity index (χ1n) is 7.30. The highest BCUT2D eigenvalue weighted by atomic mass is 16.6. The van der Waals surface area contributed by atoms with E-state index in [1.165, 1.54) is 11.2 Å². The van der Waals surface area contributed by atoms with Crippen LogP contribution in [-0.2, 0) is 14.3 Å². The highest BCUT2D eigenvalue weighted by Gasteiger charge is 2.59. The number of hydrogen-bond donors (Lipinski definition) is 4. The largest absolute Gasteiger partial charge is 0.463 e. The van der Waals surface area contributed by atoms with Gasteiger partial charge in [-0.3, -0.25) is 10.3 Å². The quantitative estimate of drug-likeness (QED) is 0.411. The van der Waals surface area contributed by atoms with Gasteiger partial charge in [0.2, 0.25) is 0 Å². The lowest BCUT2D eigenvalue weighted by molar-refractivity contribution is -0.144. The Labute approximate surface area is 136 Å². The zero-order valence-electron chi connectivity index (χ0n) is 12.7. The molecule has 1 unspecified atom stereocenters. The zero-order valence-corrected chi connectivity index (χ0v) is 12.7. The first-order valence-corrected chi connectivity index (χ1v) is 7.30. The van der Waals surface area contributed by atoms with E-state index in [2.05, 4.69) is 15.0 Å². The van der Waals surface area contributed by atoms with Crippen LogP contribution in [0.2, 0.25) is 0 Å². The molecule has 24 heavy (non-hydrogen) atoms. The van der Waals surface area contributed by atoms with E-state index in [1.807, 2.05) is 0 Å². The van der Waals surface area contributed by atoms with E-state index in [4.69, 9.17) is 14.9 Å². The molecule has 0 aromatic rings. The third-order valence-electron chi connectivity index (χ3n) is 4.02. The minimum absolute atomic E-state index is 0.0178. The van der Waals surface area contributed by atoms with Crippen molar-refractivity contribution in [3.05, 3.63) is 0 Å². The van der Waals surface area contributed by atoms with Crippen LogP contribution in [0.25, 0.3) is 0 Å². The maximum atomic E-state index is 12.4. The molecule has 0 radical (unpaired) electrons. The fourth-order valence-electron chi connectivity index (χ4n) is 2.78. The molecular weight excluding hydrogens is 322 g/mol. The number of carbonyl (C=O) groups excluding carboxylic acids is 1. The highest BCUT2D eigenvalue weighted by Crippen LogP contribution is 2.32. The van der Waals surface area contributed by atoms with Gasteiger partial charge in [-0.1, -0.05) is 0 Å². The van der Waals surface area contributed by atoms with Crippen molar-refractivity contribution in [1.29, 1.82) is 5.41 Å². The number of carbonyl (C=O) groups is 1. The van der Waals surface area contributed by atoms with Crippen molar-refractivity contribution in [3.63, 3.8) is 0 Å². The maximum Gasteiger partial charge on any atom is 0.350 e. The molecule has 1 saturated heterocycles. The van der Waals surface area contributed by atoms with Crippen molar-refractivity contribution < 1.29 is 29.6 Å². The van der Waals surface area contributed by atoms with Crippen molar-refractivity contribution in [2.24, 2.45) is 15.0 Å². The van der Waals surface area contributed by atoms with Crippen LogP contribution in [0.1, 0.15) is 6.92 Å². The van der Waals surface area contributed by atoms with Gasteiger partial charge in [-0.25, -0.2) is 19.8 Å². The van der Waals surface area contributed by atoms with E-state index in [0.29, 0.717) is 0 Å². The Hall–Kier alpha value is -2.21. The molecule has 0 aromatic carbocycles. The van der Waals surface area contributed by atoms with E-state index in [1.54, 1.807) is 6.92 Å². The summed E-state index contributed by atoms with van der Waals surface area (Å²) in [6.45, 7) is 1.20. The second kappa shape index (κ2) is 6.02. The van der Waals surface area contributed by atoms with Gasteiger partial charge in [0.15, 0.2) is 17.9 Å². The van der Waals surface area contributed by atoms with Crippen LogP contribution in [-0.4, -0.2) is 93.8 Å². The molecule has 4 N–H and O–H groups in total. The molecule has 0 aliphatic carbocycles. The van der Waals surface area contributed by atoms with Crippen LogP contribution in [0.4, 0.5) is 0 Å². The first kappa shape index (κ1) is 16.6. The molecule has 0 bridgehead atoms. The lowest BCUT2D eigenvalue weighted by Gasteiger charge is -2.31. The second-order valence-corrected chi connectivity index (χ2v) is 5.36. The predicted octanol–water partition coefficient (Wildman–Crippen LogP) is -2.51. The van der Waals surface area contributed by atoms with Crippen LogP contribution in [0.3, 0.4) is 0 Å². The molecule has 1 fully saturated rings. The van der Waals surface area contributed by atoms with Crippen LogP contribution in [0, 0.1) is 5.41 Å². The van der Waals surface area contributed by atoms with Crippen LogP contribution in [0.15, 0.2) is 15.0 Å². The molecule has 0 aromatic heterocycles. The Morgan fingerprint density at radius 2 is 2.25 bits per heavy atom. The molecule has 0 saturated carbocycles. The molecule has 0 amide bonds. The summed E-state index contributed by atoms with van der Waals surface area (Å²) < 4.78 is 10.4. The summed E-state index contributed by atoms with van der Waals surface area (Å²) in [7, 11) is 0. The van der Waals surface area contributed by atoms with Crippen molar-refractivity contribution in [2.75, 3.05) is 13.2 Å². The molecule has 5 atom stereocenters. The SMILES string of the molecule is CCOC(=O)C12N=CN([C@@H]3O[C@H](CO)[C@@H](O)[C@H]3O)C1=NC=NC2=N. The molecule has 0 spiro atoms. The highest BCUT2D eigenvalue weighted by molar-refractivity contribution is 6.35. The number of rotatable bonds is 4. The van der Waals surface area contributed by atoms with Crippen LogP contribution in [0.5, 0.6) is 0 Å². The van der Waals surface area contributed by atoms with Gasteiger partial charge >= 0.3 is 5.97 Å². The van der Waals surface area contributed by atoms with E-state index in [-0.39, 0.29) is 18.3 Å². The van der Waals surface area contributed by atoms with E-state index >= 15 is 0 Å². The maximum absolute atomic E-state index is 12.4. The van der Waals surface area contributed by atoms with Gasteiger partial charge in [0.25, 0.3) is 5.54 Å². The van der Waals surface area contributed by atoms with Crippen molar-refractivity contribution in [1.82, 2.24) is 4.90 Å². The van der Waals surface area contributed by atoms with Crippen molar-refractivity contribution in [2.45, 2.75) is 37.0 Å². The summed E-state index contributed by atoms with van der Waals surface area (Å²) in [6.07, 6.45) is -2.55. The van der Waals surface area contributed by atoms with Gasteiger partial charge in [-0.2, -0.15) is 0 Å². The number of amidine groups is 2. The number of hydrogen-bond acceptors (Lipinski definition) is 10. The molecule has 3 aliphatic rings. The van der Waals surface area contributed by atoms with Crippen molar-refractivity contribution >= 4 is 30.3 Å². The predicted molar refractivity (Wildman–Crippen MR) is 81.1 cm³/mol. The molecule has 11 nitrogen and oxygen atoms in total. The Morgan fingerprint density at radius 3 is 2.88 bits per heavy atom. The standard InChI is InChI=1S/C13H17N5O6/c1-2-23-12(22)13-10(14)15-4-16-11(13)18(5-17-13)9-8(21)7(20)6(3-19)24-9/h4-9,14,19-21H,2-3H2,1H3/t6-,7-,8-,9-,13?/m1/s1. The number of ether oxygens (including phenoxy) is 2. The Bertz CT molecular complexity index is 649. The normalized spacial score (nSPS) is 37.6. The fraction of sp³-hybridized carbons (Fsp3) is 0.615. The van der Waals surface area contributed by atoms with Gasteiger partial charge in [0.05, 0.1) is 19.6 Å². The summed E-state index contributed by atoms with van der Waals surface area (Å²) in [5.74, 6) is -1.22. The van der Waals surface area contributed by atoms with Gasteiger partial charge < -0.3 is 24.8 Å². The molecular formula is C13H17N5O6. The van der Waals surface area contributed by atoms with Gasteiger partial charge in [0, 0.05) is 0 Å². The molecule has 11 heteroatoms. The van der Waals surface area contributed by atoms with Crippen LogP contribution >= 0.6 is 0 Å². The monoisotopic (exact) mass is 339 g/mol. The van der Waals surface area contributed by atoms with Crippen LogP contribution < -0.4 is 0 Å². The Balaban J connectivity index is 1.95. The number of aliphatic imine (C=N–C) groups is 3. The number of fused-ring (bicyclic) bond motifs is 1. The first-order chi connectivity index (χ1) is 11.5. The smallest absolute Gasteiger partial charge is 0.350 e. The fourth-order valence-corrected chi connectivity index (χ4v) is 2.78. The lowest BCUT2D eigenvalue weighted by atomic mass is 9.96. The summed E-state index contributed by atoms with van der Waals surface area (Å²) in [5, 5.41) is 37.2. The number of aliphatic hydroxyl groups excluding tert-OH is 3. The molecule has 130 valence electrons. The summed E-state index contributed by atoms with van der Waals surface area (Å²) in [6, 6.07) is 0. The lowest BCUT2D eigenvalue weighted by Crippen LogP contribution is -2.58. The third kappa shape index (κ3) is 2.17. The number of nitrogens with zero attached hydrogens (tertiary/aromatic N) is 4. The average molecular weight is 339 g/mol.